The van der Waals surface area contributed by atoms with Crippen LogP contribution in [0.5, 0.6) is 0 Å². The molecule has 5 nitrogen and oxygen atoms in total. The summed E-state index contributed by atoms with van der Waals surface area (Å²) in [7, 11) is 1.82. The van der Waals surface area contributed by atoms with Gasteiger partial charge in [0.1, 0.15) is 11.4 Å². The summed E-state index contributed by atoms with van der Waals surface area (Å²) in [4.78, 5) is 17.7. The third-order valence-electron chi connectivity index (χ3n) is 3.07. The molecular formula is C15H18N2O3. The fourth-order valence-corrected chi connectivity index (χ4v) is 2.01. The van der Waals surface area contributed by atoms with Gasteiger partial charge in [0.25, 0.3) is 0 Å². The van der Waals surface area contributed by atoms with Crippen molar-refractivity contribution in [2.24, 2.45) is 0 Å². The molecule has 0 amide bonds. The SMILES string of the molecule is CCOCCN(C)c1nc2ccccc2cc1C(=O)O. The van der Waals surface area contributed by atoms with Crippen LogP contribution in [0.15, 0.2) is 30.3 Å². The molecule has 0 atom stereocenters. The van der Waals surface area contributed by atoms with Gasteiger partial charge in [0.2, 0.25) is 0 Å². The average Bonchev–Trinajstić information content (AvgIpc) is 2.46. The van der Waals surface area contributed by atoms with Crippen molar-refractivity contribution in [2.45, 2.75) is 6.92 Å². The molecule has 0 unspecified atom stereocenters. The molecule has 106 valence electrons. The zero-order valence-corrected chi connectivity index (χ0v) is 11.7. The molecule has 1 N–H and O–H groups in total. The Morgan fingerprint density at radius 1 is 1.40 bits per heavy atom. The normalized spacial score (nSPS) is 10.7. The molecule has 20 heavy (non-hydrogen) atoms. The first-order valence-corrected chi connectivity index (χ1v) is 6.55. The number of likely N-dealkylation sites (N-methyl/N-ethyl adjacent to an activating group) is 1. The second-order valence-corrected chi connectivity index (χ2v) is 4.48. The number of para-hydroxylation sites is 1. The summed E-state index contributed by atoms with van der Waals surface area (Å²) in [6, 6.07) is 9.16. The highest BCUT2D eigenvalue weighted by Crippen LogP contribution is 2.22. The predicted molar refractivity (Wildman–Crippen MR) is 78.5 cm³/mol. The number of nitrogens with zero attached hydrogens (tertiary/aromatic N) is 2. The minimum atomic E-state index is -0.971. The molecule has 0 radical (unpaired) electrons. The molecule has 1 heterocycles. The maximum absolute atomic E-state index is 11.4. The van der Waals surface area contributed by atoms with Gasteiger partial charge in [0.15, 0.2) is 0 Å². The van der Waals surface area contributed by atoms with E-state index in [1.165, 1.54) is 0 Å². The Balaban J connectivity index is 2.38. The lowest BCUT2D eigenvalue weighted by atomic mass is 10.1. The van der Waals surface area contributed by atoms with Gasteiger partial charge in [-0.05, 0) is 19.1 Å². The summed E-state index contributed by atoms with van der Waals surface area (Å²) in [5, 5.41) is 10.2. The molecule has 0 aliphatic heterocycles. The van der Waals surface area contributed by atoms with Crippen LogP contribution < -0.4 is 4.90 Å². The maximum atomic E-state index is 11.4. The summed E-state index contributed by atoms with van der Waals surface area (Å²) < 4.78 is 5.30. The Bertz CT molecular complexity index is 613. The van der Waals surface area contributed by atoms with Gasteiger partial charge >= 0.3 is 5.97 Å². The number of anilines is 1. The second kappa shape index (κ2) is 6.34. The van der Waals surface area contributed by atoms with Crippen molar-refractivity contribution < 1.29 is 14.6 Å². The molecule has 0 aliphatic carbocycles. The van der Waals surface area contributed by atoms with Crippen LogP contribution in [0.3, 0.4) is 0 Å². The van der Waals surface area contributed by atoms with E-state index in [-0.39, 0.29) is 5.56 Å². The van der Waals surface area contributed by atoms with E-state index in [0.29, 0.717) is 25.6 Å². The van der Waals surface area contributed by atoms with Crippen LogP contribution in [0, 0.1) is 0 Å². The number of aromatic nitrogens is 1. The largest absolute Gasteiger partial charge is 0.478 e. The van der Waals surface area contributed by atoms with Gasteiger partial charge in [-0.15, -0.1) is 0 Å². The van der Waals surface area contributed by atoms with E-state index >= 15 is 0 Å². The Kier molecular flexibility index (Phi) is 4.53. The van der Waals surface area contributed by atoms with Gasteiger partial charge in [-0.2, -0.15) is 0 Å². The van der Waals surface area contributed by atoms with Crippen molar-refractivity contribution >= 4 is 22.7 Å². The highest BCUT2D eigenvalue weighted by Gasteiger charge is 2.16. The zero-order valence-electron chi connectivity index (χ0n) is 11.7. The molecule has 2 rings (SSSR count). The van der Waals surface area contributed by atoms with Crippen molar-refractivity contribution in [2.75, 3.05) is 31.7 Å². The molecule has 5 heteroatoms. The molecule has 0 saturated carbocycles. The summed E-state index contributed by atoms with van der Waals surface area (Å²) >= 11 is 0. The Hall–Kier alpha value is -2.14. The van der Waals surface area contributed by atoms with Crippen molar-refractivity contribution in [1.82, 2.24) is 4.98 Å². The molecule has 0 fully saturated rings. The fourth-order valence-electron chi connectivity index (χ4n) is 2.01. The van der Waals surface area contributed by atoms with E-state index in [4.69, 9.17) is 4.74 Å². The first-order chi connectivity index (χ1) is 9.63. The summed E-state index contributed by atoms with van der Waals surface area (Å²) in [6.45, 7) is 3.71. The summed E-state index contributed by atoms with van der Waals surface area (Å²) in [5.74, 6) is -0.502. The highest BCUT2D eigenvalue weighted by molar-refractivity contribution is 5.98. The highest BCUT2D eigenvalue weighted by atomic mass is 16.5. The van der Waals surface area contributed by atoms with E-state index < -0.39 is 5.97 Å². The summed E-state index contributed by atoms with van der Waals surface area (Å²) in [5.41, 5.74) is 0.999. The van der Waals surface area contributed by atoms with Crippen LogP contribution in [-0.4, -0.2) is 42.9 Å². The van der Waals surface area contributed by atoms with Gasteiger partial charge in [-0.1, -0.05) is 18.2 Å². The minimum Gasteiger partial charge on any atom is -0.478 e. The first kappa shape index (κ1) is 14.3. The number of rotatable bonds is 6. The summed E-state index contributed by atoms with van der Waals surface area (Å²) in [6.07, 6.45) is 0. The number of carboxylic acid groups (broad SMARTS) is 1. The van der Waals surface area contributed by atoms with Crippen molar-refractivity contribution in [3.8, 4) is 0 Å². The van der Waals surface area contributed by atoms with E-state index in [1.807, 2.05) is 43.1 Å². The number of hydrogen-bond acceptors (Lipinski definition) is 4. The molecule has 0 aliphatic rings. The van der Waals surface area contributed by atoms with Crippen LogP contribution in [-0.2, 0) is 4.74 Å². The van der Waals surface area contributed by atoms with E-state index in [0.717, 1.165) is 10.9 Å². The average molecular weight is 274 g/mol. The topological polar surface area (TPSA) is 62.7 Å². The maximum Gasteiger partial charge on any atom is 0.339 e. The minimum absolute atomic E-state index is 0.211. The number of carboxylic acids is 1. The number of aromatic carboxylic acids is 1. The molecule has 2 aromatic rings. The van der Waals surface area contributed by atoms with Crippen LogP contribution in [0.4, 0.5) is 5.82 Å². The number of hydrogen-bond donors (Lipinski definition) is 1. The van der Waals surface area contributed by atoms with Crippen molar-refractivity contribution in [3.63, 3.8) is 0 Å². The van der Waals surface area contributed by atoms with E-state index in [1.54, 1.807) is 6.07 Å². The number of ether oxygens (including phenoxy) is 1. The molecule has 1 aromatic carbocycles. The van der Waals surface area contributed by atoms with Crippen LogP contribution >= 0.6 is 0 Å². The monoisotopic (exact) mass is 274 g/mol. The van der Waals surface area contributed by atoms with Gasteiger partial charge < -0.3 is 14.7 Å². The third-order valence-corrected chi connectivity index (χ3v) is 3.07. The van der Waals surface area contributed by atoms with Crippen LogP contribution in [0.1, 0.15) is 17.3 Å². The number of benzene rings is 1. The van der Waals surface area contributed by atoms with Gasteiger partial charge in [0, 0.05) is 25.6 Å². The lowest BCUT2D eigenvalue weighted by molar-refractivity contribution is 0.0697. The van der Waals surface area contributed by atoms with Gasteiger partial charge in [0.05, 0.1) is 12.1 Å². The van der Waals surface area contributed by atoms with Crippen molar-refractivity contribution in [1.29, 1.82) is 0 Å². The lowest BCUT2D eigenvalue weighted by Gasteiger charge is -2.20. The Labute approximate surface area is 117 Å². The quantitative estimate of drug-likeness (QED) is 0.820. The molecular weight excluding hydrogens is 256 g/mol. The lowest BCUT2D eigenvalue weighted by Crippen LogP contribution is -2.25. The third kappa shape index (κ3) is 3.05. The van der Waals surface area contributed by atoms with Crippen LogP contribution in [0.25, 0.3) is 10.9 Å². The molecule has 1 aromatic heterocycles. The zero-order chi connectivity index (χ0) is 14.5. The molecule has 0 spiro atoms. The number of pyridine rings is 1. The number of fused-ring (bicyclic) bond motifs is 1. The van der Waals surface area contributed by atoms with Gasteiger partial charge in [-0.25, -0.2) is 9.78 Å². The van der Waals surface area contributed by atoms with Crippen LogP contribution in [0.2, 0.25) is 0 Å². The predicted octanol–water partition coefficient (Wildman–Crippen LogP) is 2.41. The van der Waals surface area contributed by atoms with E-state index in [9.17, 15) is 9.90 Å². The number of carbonyl (C=O) groups is 1. The van der Waals surface area contributed by atoms with Crippen molar-refractivity contribution in [3.05, 3.63) is 35.9 Å². The fraction of sp³-hybridized carbons (Fsp3) is 0.333. The Morgan fingerprint density at radius 3 is 2.85 bits per heavy atom. The molecule has 0 bridgehead atoms. The smallest absolute Gasteiger partial charge is 0.339 e. The second-order valence-electron chi connectivity index (χ2n) is 4.48. The van der Waals surface area contributed by atoms with Gasteiger partial charge in [-0.3, -0.25) is 0 Å². The molecule has 0 saturated heterocycles. The Morgan fingerprint density at radius 2 is 2.15 bits per heavy atom. The van der Waals surface area contributed by atoms with E-state index in [2.05, 4.69) is 4.98 Å². The standard InChI is InChI=1S/C15H18N2O3/c1-3-20-9-8-17(2)14-12(15(18)19)10-11-6-4-5-7-13(11)16-14/h4-7,10H,3,8-9H2,1-2H3,(H,18,19). The first-order valence-electron chi connectivity index (χ1n) is 6.55.